The number of aromatic nitrogens is 1. The van der Waals surface area contributed by atoms with Crippen LogP contribution in [0.2, 0.25) is 5.02 Å². The van der Waals surface area contributed by atoms with Gasteiger partial charge >= 0.3 is 0 Å². The van der Waals surface area contributed by atoms with Gasteiger partial charge in [0.05, 0.1) is 11.1 Å². The van der Waals surface area contributed by atoms with Gasteiger partial charge in [-0.3, -0.25) is 4.90 Å². The van der Waals surface area contributed by atoms with Crippen molar-refractivity contribution in [2.45, 2.75) is 57.1 Å². The molecule has 0 unspecified atom stereocenters. The molecular weight excluding hydrogens is 402 g/mol. The first-order chi connectivity index (χ1) is 12.0. The quantitative estimate of drug-likeness (QED) is 0.770. The van der Waals surface area contributed by atoms with Crippen LogP contribution in [0.15, 0.2) is 16.7 Å². The Bertz CT molecular complexity index is 623. The summed E-state index contributed by atoms with van der Waals surface area (Å²) in [7, 11) is 0. The van der Waals surface area contributed by atoms with E-state index in [2.05, 4.69) is 30.7 Å². The Labute approximate surface area is 163 Å². The molecule has 1 N–H and O–H groups in total. The topological polar surface area (TPSA) is 39.6 Å². The van der Waals surface area contributed by atoms with Crippen molar-refractivity contribution in [3.63, 3.8) is 0 Å². The summed E-state index contributed by atoms with van der Waals surface area (Å²) < 4.78 is 0.930. The summed E-state index contributed by atoms with van der Waals surface area (Å²) >= 11 is 9.90. The molecule has 1 aromatic heterocycles. The Morgan fingerprint density at radius 1 is 1.16 bits per heavy atom. The molecule has 1 atom stereocenters. The van der Waals surface area contributed by atoms with E-state index in [1.807, 2.05) is 12.3 Å². The normalized spacial score (nSPS) is 34.0. The zero-order chi connectivity index (χ0) is 17.4. The summed E-state index contributed by atoms with van der Waals surface area (Å²) in [5.74, 6) is 0.934. The number of piperidine rings is 1. The second kappa shape index (κ2) is 7.34. The first-order valence-corrected chi connectivity index (χ1v) is 10.7. The molecule has 25 heavy (non-hydrogen) atoms. The molecule has 1 saturated carbocycles. The highest BCUT2D eigenvalue weighted by Crippen LogP contribution is 2.43. The predicted octanol–water partition coefficient (Wildman–Crippen LogP) is 4.09. The molecule has 1 aromatic rings. The average Bonchev–Trinajstić information content (AvgIpc) is 2.99. The second-order valence-electron chi connectivity index (χ2n) is 8.17. The van der Waals surface area contributed by atoms with Crippen molar-refractivity contribution in [2.75, 3.05) is 31.1 Å². The fourth-order valence-electron chi connectivity index (χ4n) is 5.07. The van der Waals surface area contributed by atoms with Gasteiger partial charge in [0, 0.05) is 41.8 Å². The van der Waals surface area contributed by atoms with Crippen molar-refractivity contribution in [3.8, 4) is 0 Å². The Balaban J connectivity index is 1.44. The molecular formula is C19H27BrClN3O. The van der Waals surface area contributed by atoms with Gasteiger partial charge in [0.15, 0.2) is 0 Å². The third-order valence-electron chi connectivity index (χ3n) is 6.40. The van der Waals surface area contributed by atoms with E-state index in [4.69, 9.17) is 11.6 Å². The number of pyridine rings is 1. The molecule has 6 heteroatoms. The molecule has 3 aliphatic rings. The van der Waals surface area contributed by atoms with Crippen LogP contribution in [0.4, 0.5) is 5.82 Å². The van der Waals surface area contributed by atoms with Crippen molar-refractivity contribution in [1.29, 1.82) is 0 Å². The van der Waals surface area contributed by atoms with Crippen molar-refractivity contribution in [1.82, 2.24) is 9.88 Å². The van der Waals surface area contributed by atoms with Gasteiger partial charge in [-0.25, -0.2) is 4.98 Å². The number of hydrogen-bond donors (Lipinski definition) is 1. The molecule has 0 bridgehead atoms. The first-order valence-electron chi connectivity index (χ1n) is 9.53. The van der Waals surface area contributed by atoms with Crippen LogP contribution in [0, 0.1) is 5.41 Å². The summed E-state index contributed by atoms with van der Waals surface area (Å²) in [5, 5.41) is 10.5. The minimum Gasteiger partial charge on any atom is -0.393 e. The molecule has 0 amide bonds. The highest BCUT2D eigenvalue weighted by atomic mass is 79.9. The first kappa shape index (κ1) is 18.0. The lowest BCUT2D eigenvalue weighted by Gasteiger charge is -2.42. The van der Waals surface area contributed by atoms with E-state index < -0.39 is 0 Å². The Morgan fingerprint density at radius 3 is 2.72 bits per heavy atom. The third-order valence-corrected chi connectivity index (χ3v) is 7.11. The third kappa shape index (κ3) is 3.85. The SMILES string of the molecule is O[C@H]1CC[C@@H](N2CC[C@]3(CCCN(c4ncc(Br)cc4Cl)C3)C2)CC1. The van der Waals surface area contributed by atoms with Gasteiger partial charge in [0.25, 0.3) is 0 Å². The van der Waals surface area contributed by atoms with Crippen LogP contribution in [0.5, 0.6) is 0 Å². The lowest BCUT2D eigenvalue weighted by Crippen LogP contribution is -2.46. The summed E-state index contributed by atoms with van der Waals surface area (Å²) in [6.07, 6.45) is 9.82. The Kier molecular flexibility index (Phi) is 5.29. The van der Waals surface area contributed by atoms with Crippen LogP contribution >= 0.6 is 27.5 Å². The van der Waals surface area contributed by atoms with E-state index in [1.165, 1.54) is 32.4 Å². The molecule has 3 heterocycles. The molecule has 138 valence electrons. The van der Waals surface area contributed by atoms with E-state index in [1.54, 1.807) is 0 Å². The fraction of sp³-hybridized carbons (Fsp3) is 0.737. The Hall–Kier alpha value is -0.360. The van der Waals surface area contributed by atoms with Gasteiger partial charge in [0.2, 0.25) is 0 Å². The monoisotopic (exact) mass is 427 g/mol. The van der Waals surface area contributed by atoms with E-state index in [0.717, 1.165) is 54.1 Å². The number of nitrogens with zero attached hydrogens (tertiary/aromatic N) is 3. The van der Waals surface area contributed by atoms with Crippen molar-refractivity contribution >= 4 is 33.3 Å². The van der Waals surface area contributed by atoms with Crippen LogP contribution in [-0.4, -0.2) is 53.3 Å². The molecule has 2 saturated heterocycles. The van der Waals surface area contributed by atoms with Gasteiger partial charge in [-0.1, -0.05) is 11.6 Å². The van der Waals surface area contributed by atoms with Crippen LogP contribution < -0.4 is 4.90 Å². The zero-order valence-electron chi connectivity index (χ0n) is 14.6. The predicted molar refractivity (Wildman–Crippen MR) is 105 cm³/mol. The van der Waals surface area contributed by atoms with Crippen molar-refractivity contribution in [2.24, 2.45) is 5.41 Å². The fourth-order valence-corrected chi connectivity index (χ4v) is 5.82. The zero-order valence-corrected chi connectivity index (χ0v) is 17.0. The number of aliphatic hydroxyl groups is 1. The summed E-state index contributed by atoms with van der Waals surface area (Å²) in [5.41, 5.74) is 0.381. The maximum Gasteiger partial charge on any atom is 0.147 e. The average molecular weight is 429 g/mol. The molecule has 4 rings (SSSR count). The molecule has 0 aromatic carbocycles. The standard InChI is InChI=1S/C19H27BrClN3O/c20-14-10-17(21)18(22-11-14)24-8-1-6-19(13-24)7-9-23(12-19)15-2-4-16(25)5-3-15/h10-11,15-16,25H,1-9,12-13H2/t15-,16+,19-/m1/s1. The van der Waals surface area contributed by atoms with Crippen LogP contribution in [0.3, 0.4) is 0 Å². The van der Waals surface area contributed by atoms with Gasteiger partial charge in [0.1, 0.15) is 5.82 Å². The van der Waals surface area contributed by atoms with Crippen molar-refractivity contribution < 1.29 is 5.11 Å². The number of anilines is 1. The summed E-state index contributed by atoms with van der Waals surface area (Å²) in [6.45, 7) is 4.51. The number of likely N-dealkylation sites (tertiary alicyclic amines) is 1. The van der Waals surface area contributed by atoms with Gasteiger partial charge < -0.3 is 10.0 Å². The van der Waals surface area contributed by atoms with Crippen LogP contribution in [0.25, 0.3) is 0 Å². The molecule has 4 nitrogen and oxygen atoms in total. The van der Waals surface area contributed by atoms with E-state index in [0.29, 0.717) is 11.5 Å². The summed E-state index contributed by atoms with van der Waals surface area (Å²) in [6, 6.07) is 2.62. The maximum atomic E-state index is 9.77. The van der Waals surface area contributed by atoms with Crippen LogP contribution in [-0.2, 0) is 0 Å². The lowest BCUT2D eigenvalue weighted by molar-refractivity contribution is 0.0770. The van der Waals surface area contributed by atoms with Crippen LogP contribution in [0.1, 0.15) is 44.9 Å². The van der Waals surface area contributed by atoms with E-state index in [9.17, 15) is 5.11 Å². The number of hydrogen-bond acceptors (Lipinski definition) is 4. The smallest absolute Gasteiger partial charge is 0.147 e. The highest BCUT2D eigenvalue weighted by Gasteiger charge is 2.44. The lowest BCUT2D eigenvalue weighted by atomic mass is 9.79. The molecule has 2 aliphatic heterocycles. The number of aliphatic hydroxyl groups excluding tert-OH is 1. The largest absolute Gasteiger partial charge is 0.393 e. The number of rotatable bonds is 2. The Morgan fingerprint density at radius 2 is 1.96 bits per heavy atom. The molecule has 1 spiro atoms. The number of halogens is 2. The van der Waals surface area contributed by atoms with Crippen molar-refractivity contribution in [3.05, 3.63) is 21.8 Å². The highest BCUT2D eigenvalue weighted by molar-refractivity contribution is 9.10. The van der Waals surface area contributed by atoms with E-state index in [-0.39, 0.29) is 6.10 Å². The minimum atomic E-state index is -0.0661. The van der Waals surface area contributed by atoms with Gasteiger partial charge in [-0.2, -0.15) is 0 Å². The minimum absolute atomic E-state index is 0.0661. The maximum absolute atomic E-state index is 9.77. The molecule has 3 fully saturated rings. The molecule has 1 aliphatic carbocycles. The van der Waals surface area contributed by atoms with E-state index >= 15 is 0 Å². The summed E-state index contributed by atoms with van der Waals surface area (Å²) in [4.78, 5) is 9.67. The van der Waals surface area contributed by atoms with Gasteiger partial charge in [-0.05, 0) is 73.5 Å². The second-order valence-corrected chi connectivity index (χ2v) is 9.49. The van der Waals surface area contributed by atoms with Gasteiger partial charge in [-0.15, -0.1) is 0 Å². The molecule has 0 radical (unpaired) electrons.